The number of nitrogens with zero attached hydrogens (tertiary/aromatic N) is 4. The van der Waals surface area contributed by atoms with E-state index in [9.17, 15) is 9.59 Å². The first kappa shape index (κ1) is 20.7. The molecule has 1 aromatic carbocycles. The smallest absolute Gasteiger partial charge is 0.410 e. The molecule has 0 bridgehead atoms. The van der Waals surface area contributed by atoms with Gasteiger partial charge in [0.05, 0.1) is 12.2 Å². The molecule has 8 heteroatoms. The van der Waals surface area contributed by atoms with Crippen LogP contribution >= 0.6 is 0 Å². The van der Waals surface area contributed by atoms with Crippen molar-refractivity contribution in [1.82, 2.24) is 19.2 Å². The molecular formula is C23H27N5O3. The molecule has 2 amide bonds. The number of rotatable bonds is 3. The van der Waals surface area contributed by atoms with Crippen molar-refractivity contribution in [2.24, 2.45) is 7.05 Å². The number of hydrogen-bond donors (Lipinski definition) is 1. The van der Waals surface area contributed by atoms with Crippen molar-refractivity contribution in [1.29, 1.82) is 0 Å². The van der Waals surface area contributed by atoms with E-state index in [0.29, 0.717) is 30.9 Å². The quantitative estimate of drug-likeness (QED) is 0.698. The van der Waals surface area contributed by atoms with Gasteiger partial charge in [0.2, 0.25) is 0 Å². The highest BCUT2D eigenvalue weighted by atomic mass is 16.6. The van der Waals surface area contributed by atoms with E-state index in [0.717, 1.165) is 16.9 Å². The first-order valence-corrected chi connectivity index (χ1v) is 10.3. The highest BCUT2D eigenvalue weighted by Gasteiger charge is 2.30. The van der Waals surface area contributed by atoms with Crippen LogP contribution in [-0.4, -0.2) is 43.4 Å². The van der Waals surface area contributed by atoms with Gasteiger partial charge in [-0.15, -0.1) is 0 Å². The van der Waals surface area contributed by atoms with Crippen LogP contribution in [0.4, 0.5) is 10.6 Å². The second-order valence-corrected chi connectivity index (χ2v) is 8.64. The lowest BCUT2D eigenvalue weighted by atomic mass is 10.1. The number of amides is 2. The Labute approximate surface area is 181 Å². The third-order valence-corrected chi connectivity index (χ3v) is 5.11. The minimum absolute atomic E-state index is 0.223. The third-order valence-electron chi connectivity index (χ3n) is 5.11. The van der Waals surface area contributed by atoms with Gasteiger partial charge in [0.15, 0.2) is 0 Å². The van der Waals surface area contributed by atoms with E-state index in [4.69, 9.17) is 4.74 Å². The van der Waals surface area contributed by atoms with Crippen molar-refractivity contribution in [3.8, 4) is 5.69 Å². The van der Waals surface area contributed by atoms with Crippen molar-refractivity contribution in [2.75, 3.05) is 11.9 Å². The lowest BCUT2D eigenvalue weighted by molar-refractivity contribution is 0.0224. The predicted molar refractivity (Wildman–Crippen MR) is 117 cm³/mol. The highest BCUT2D eigenvalue weighted by molar-refractivity contribution is 6.04. The van der Waals surface area contributed by atoms with Gasteiger partial charge in [-0.2, -0.15) is 5.10 Å². The van der Waals surface area contributed by atoms with Gasteiger partial charge in [0.25, 0.3) is 5.91 Å². The first-order valence-electron chi connectivity index (χ1n) is 10.3. The zero-order valence-corrected chi connectivity index (χ0v) is 18.3. The van der Waals surface area contributed by atoms with Gasteiger partial charge in [-0.05, 0) is 57.2 Å². The van der Waals surface area contributed by atoms with Crippen LogP contribution in [0, 0.1) is 0 Å². The largest absolute Gasteiger partial charge is 0.444 e. The van der Waals surface area contributed by atoms with Crippen molar-refractivity contribution >= 4 is 17.8 Å². The third kappa shape index (κ3) is 4.47. The van der Waals surface area contributed by atoms with E-state index in [1.54, 1.807) is 28.8 Å². The molecule has 31 heavy (non-hydrogen) atoms. The second-order valence-electron chi connectivity index (χ2n) is 8.64. The summed E-state index contributed by atoms with van der Waals surface area (Å²) in [6.45, 7) is 6.42. The van der Waals surface area contributed by atoms with E-state index < -0.39 is 5.60 Å². The van der Waals surface area contributed by atoms with E-state index in [-0.39, 0.29) is 12.0 Å². The Morgan fingerprint density at radius 2 is 1.77 bits per heavy atom. The monoisotopic (exact) mass is 421 g/mol. The van der Waals surface area contributed by atoms with Crippen LogP contribution < -0.4 is 5.32 Å². The topological polar surface area (TPSA) is 81.4 Å². The summed E-state index contributed by atoms with van der Waals surface area (Å²) in [5, 5.41) is 7.51. The fourth-order valence-corrected chi connectivity index (χ4v) is 3.61. The molecule has 0 aliphatic carbocycles. The standard InChI is InChI=1S/C23H27N5O3/c1-23(2,3)31-22(30)28-14-11-19-18(15-28)20(26(4)25-19)24-21(29)16-7-9-17(10-8-16)27-12-5-6-13-27/h5-10,12-13H,11,14-15H2,1-4H3,(H,24,29). The van der Waals surface area contributed by atoms with Crippen molar-refractivity contribution in [3.05, 3.63) is 65.6 Å². The summed E-state index contributed by atoms with van der Waals surface area (Å²) < 4.78 is 9.14. The van der Waals surface area contributed by atoms with E-state index in [1.807, 2.05) is 62.0 Å². The number of anilines is 1. The second kappa shape index (κ2) is 7.94. The number of hydrogen-bond acceptors (Lipinski definition) is 4. The average molecular weight is 422 g/mol. The summed E-state index contributed by atoms with van der Waals surface area (Å²) in [7, 11) is 1.79. The molecule has 2 aromatic heterocycles. The first-order chi connectivity index (χ1) is 14.7. The molecule has 162 valence electrons. The van der Waals surface area contributed by atoms with Gasteiger partial charge in [0.1, 0.15) is 11.4 Å². The fraction of sp³-hybridized carbons (Fsp3) is 0.348. The van der Waals surface area contributed by atoms with Crippen LogP contribution in [0.1, 0.15) is 42.4 Å². The number of ether oxygens (including phenoxy) is 1. The zero-order valence-electron chi connectivity index (χ0n) is 18.3. The molecule has 0 saturated carbocycles. The number of carbonyl (C=O) groups excluding carboxylic acids is 2. The summed E-state index contributed by atoms with van der Waals surface area (Å²) in [4.78, 5) is 27.0. The summed E-state index contributed by atoms with van der Waals surface area (Å²) in [5.74, 6) is 0.377. The molecule has 1 aliphatic heterocycles. The molecule has 1 aliphatic rings. The minimum Gasteiger partial charge on any atom is -0.444 e. The molecule has 0 saturated heterocycles. The van der Waals surface area contributed by atoms with Gasteiger partial charge in [-0.25, -0.2) is 4.79 Å². The maximum absolute atomic E-state index is 12.9. The van der Waals surface area contributed by atoms with Crippen molar-refractivity contribution in [2.45, 2.75) is 39.3 Å². The number of aryl methyl sites for hydroxylation is 1. The van der Waals surface area contributed by atoms with Crippen LogP contribution in [-0.2, 0) is 24.8 Å². The molecular weight excluding hydrogens is 394 g/mol. The maximum Gasteiger partial charge on any atom is 0.410 e. The minimum atomic E-state index is -0.559. The summed E-state index contributed by atoms with van der Waals surface area (Å²) >= 11 is 0. The molecule has 0 atom stereocenters. The fourth-order valence-electron chi connectivity index (χ4n) is 3.61. The number of nitrogens with one attached hydrogen (secondary N) is 1. The molecule has 3 heterocycles. The Kier molecular flexibility index (Phi) is 5.31. The SMILES string of the molecule is Cn1nc2c(c1NC(=O)c1ccc(-n3cccc3)cc1)CN(C(=O)OC(C)(C)C)CC2. The summed E-state index contributed by atoms with van der Waals surface area (Å²) in [6, 6.07) is 11.3. The lowest BCUT2D eigenvalue weighted by Gasteiger charge is -2.29. The van der Waals surface area contributed by atoms with Gasteiger partial charge in [0, 0.05) is 49.2 Å². The molecule has 0 radical (unpaired) electrons. The highest BCUT2D eigenvalue weighted by Crippen LogP contribution is 2.27. The number of carbonyl (C=O) groups is 2. The summed E-state index contributed by atoms with van der Waals surface area (Å²) in [5.41, 5.74) is 2.70. The molecule has 8 nitrogen and oxygen atoms in total. The van der Waals surface area contributed by atoms with Crippen LogP contribution in [0.25, 0.3) is 5.69 Å². The van der Waals surface area contributed by atoms with Crippen LogP contribution in [0.3, 0.4) is 0 Å². The Hall–Kier alpha value is -3.55. The van der Waals surface area contributed by atoms with Gasteiger partial charge < -0.3 is 19.5 Å². The van der Waals surface area contributed by atoms with Crippen LogP contribution in [0.15, 0.2) is 48.8 Å². The van der Waals surface area contributed by atoms with Gasteiger partial charge in [-0.1, -0.05) is 0 Å². The van der Waals surface area contributed by atoms with E-state index in [2.05, 4.69) is 10.4 Å². The van der Waals surface area contributed by atoms with Crippen molar-refractivity contribution in [3.63, 3.8) is 0 Å². The van der Waals surface area contributed by atoms with Crippen LogP contribution in [0.2, 0.25) is 0 Å². The van der Waals surface area contributed by atoms with Crippen molar-refractivity contribution < 1.29 is 14.3 Å². The zero-order chi connectivity index (χ0) is 22.2. The van der Waals surface area contributed by atoms with Crippen LogP contribution in [0.5, 0.6) is 0 Å². The Bertz CT molecular complexity index is 1090. The Morgan fingerprint density at radius 1 is 1.10 bits per heavy atom. The van der Waals surface area contributed by atoms with Gasteiger partial charge in [-0.3, -0.25) is 9.48 Å². The number of fused-ring (bicyclic) bond motifs is 1. The maximum atomic E-state index is 12.9. The molecule has 0 unspecified atom stereocenters. The molecule has 3 aromatic rings. The Morgan fingerprint density at radius 3 is 2.42 bits per heavy atom. The number of aromatic nitrogens is 3. The molecule has 0 fully saturated rings. The van der Waals surface area contributed by atoms with E-state index >= 15 is 0 Å². The lowest BCUT2D eigenvalue weighted by Crippen LogP contribution is -2.40. The average Bonchev–Trinajstić information content (AvgIpc) is 3.35. The molecule has 1 N–H and O–H groups in total. The molecule has 0 spiro atoms. The van der Waals surface area contributed by atoms with Gasteiger partial charge >= 0.3 is 6.09 Å². The molecule has 4 rings (SSSR count). The predicted octanol–water partition coefficient (Wildman–Crippen LogP) is 3.76. The van der Waals surface area contributed by atoms with E-state index in [1.165, 1.54) is 0 Å². The Balaban J connectivity index is 1.50. The summed E-state index contributed by atoms with van der Waals surface area (Å²) in [6.07, 6.45) is 4.16. The number of benzene rings is 1. The normalized spacial score (nSPS) is 13.6.